The van der Waals surface area contributed by atoms with E-state index >= 15 is 0 Å². The summed E-state index contributed by atoms with van der Waals surface area (Å²) < 4.78 is 17.0. The summed E-state index contributed by atoms with van der Waals surface area (Å²) in [6.45, 7) is 2.61. The first kappa shape index (κ1) is 16.6. The van der Waals surface area contributed by atoms with Crippen LogP contribution in [0.25, 0.3) is 11.2 Å². The fourth-order valence-electron chi connectivity index (χ4n) is 1.72. The average Bonchev–Trinajstić information content (AvgIpc) is 2.88. The molecule has 23 heavy (non-hydrogen) atoms. The van der Waals surface area contributed by atoms with Gasteiger partial charge < -0.3 is 24.5 Å². The molecule has 2 rings (SSSR count). The molecule has 0 aliphatic carbocycles. The fourth-order valence-corrected chi connectivity index (χ4v) is 1.72. The molecule has 0 bridgehead atoms. The van der Waals surface area contributed by atoms with E-state index in [1.807, 2.05) is 0 Å². The number of carbonyl (C=O) groups is 2. The minimum absolute atomic E-state index is 0.0291. The summed E-state index contributed by atoms with van der Waals surface area (Å²) in [4.78, 5) is 33.8. The second kappa shape index (κ2) is 7.49. The number of hydrogen-bond donors (Lipinski definition) is 1. The lowest BCUT2D eigenvalue weighted by Crippen LogP contribution is -2.28. The van der Waals surface area contributed by atoms with Crippen LogP contribution in [0, 0.1) is 0 Å². The van der Waals surface area contributed by atoms with Gasteiger partial charge in [0.25, 0.3) is 0 Å². The second-order valence-corrected chi connectivity index (χ2v) is 4.67. The molecule has 0 atom stereocenters. The van der Waals surface area contributed by atoms with Crippen LogP contribution in [-0.4, -0.2) is 50.8 Å². The maximum absolute atomic E-state index is 10.9. The molecule has 2 N–H and O–H groups in total. The smallest absolute Gasteiger partial charge is 0.302 e. The Labute approximate surface area is 131 Å². The first-order valence-corrected chi connectivity index (χ1v) is 6.77. The Morgan fingerprint density at radius 3 is 2.48 bits per heavy atom. The molecule has 2 aromatic heterocycles. The third kappa shape index (κ3) is 4.88. The van der Waals surface area contributed by atoms with Crippen LogP contribution in [0.1, 0.15) is 13.8 Å². The number of fused-ring (bicyclic) bond motifs is 1. The van der Waals surface area contributed by atoms with Gasteiger partial charge in [0, 0.05) is 13.8 Å². The van der Waals surface area contributed by atoms with Crippen molar-refractivity contribution in [2.45, 2.75) is 26.7 Å². The molecule has 124 valence electrons. The number of ether oxygens (including phenoxy) is 3. The van der Waals surface area contributed by atoms with Gasteiger partial charge in [0.05, 0.1) is 12.5 Å². The van der Waals surface area contributed by atoms with Crippen molar-refractivity contribution in [2.75, 3.05) is 18.9 Å². The molecule has 0 saturated carbocycles. The predicted octanol–water partition coefficient (Wildman–Crippen LogP) is -0.123. The predicted molar refractivity (Wildman–Crippen MR) is 77.9 cm³/mol. The molecule has 10 heteroatoms. The molecule has 0 radical (unpaired) electrons. The van der Waals surface area contributed by atoms with Crippen molar-refractivity contribution >= 4 is 29.1 Å². The van der Waals surface area contributed by atoms with Crippen LogP contribution in [-0.2, 0) is 30.5 Å². The first-order chi connectivity index (χ1) is 11.0. The van der Waals surface area contributed by atoms with E-state index in [0.717, 1.165) is 0 Å². The van der Waals surface area contributed by atoms with Gasteiger partial charge in [-0.1, -0.05) is 0 Å². The Hall–Kier alpha value is -2.75. The van der Waals surface area contributed by atoms with Gasteiger partial charge in [-0.3, -0.25) is 9.59 Å². The number of esters is 2. The van der Waals surface area contributed by atoms with Crippen LogP contribution >= 0.6 is 0 Å². The van der Waals surface area contributed by atoms with Crippen molar-refractivity contribution in [3.63, 3.8) is 0 Å². The van der Waals surface area contributed by atoms with Crippen LogP contribution in [0.2, 0.25) is 0 Å². The highest BCUT2D eigenvalue weighted by molar-refractivity contribution is 5.70. The molecule has 0 aliphatic heterocycles. The third-order valence-electron chi connectivity index (χ3n) is 2.79. The van der Waals surface area contributed by atoms with Gasteiger partial charge in [0.2, 0.25) is 5.95 Å². The zero-order chi connectivity index (χ0) is 16.8. The molecule has 0 spiro atoms. The lowest BCUT2D eigenvalue weighted by Gasteiger charge is -2.17. The van der Waals surface area contributed by atoms with Gasteiger partial charge >= 0.3 is 11.9 Å². The zero-order valence-corrected chi connectivity index (χ0v) is 12.8. The summed E-state index contributed by atoms with van der Waals surface area (Å²) in [6.07, 6.45) is 2.45. The largest absolute Gasteiger partial charge is 0.463 e. The van der Waals surface area contributed by atoms with Gasteiger partial charge in [-0.05, 0) is 0 Å². The van der Waals surface area contributed by atoms with Gasteiger partial charge in [0.1, 0.15) is 31.6 Å². The maximum atomic E-state index is 10.9. The quantitative estimate of drug-likeness (QED) is 0.692. The van der Waals surface area contributed by atoms with Crippen LogP contribution in [0.3, 0.4) is 0 Å². The molecule has 2 aromatic rings. The third-order valence-corrected chi connectivity index (χ3v) is 2.79. The van der Waals surface area contributed by atoms with E-state index in [4.69, 9.17) is 19.9 Å². The Morgan fingerprint density at radius 1 is 1.22 bits per heavy atom. The number of nitrogens with zero attached hydrogens (tertiary/aromatic N) is 4. The molecular formula is C13H17N5O5. The number of rotatable bonds is 7. The summed E-state index contributed by atoms with van der Waals surface area (Å²) in [5.41, 5.74) is 6.57. The average molecular weight is 323 g/mol. The van der Waals surface area contributed by atoms with E-state index in [9.17, 15) is 9.59 Å². The SMILES string of the molecule is CC(=O)OCC(COC(C)=O)OCn1cnc2nc(N)ncc21. The molecule has 2 heterocycles. The van der Waals surface area contributed by atoms with Crippen molar-refractivity contribution in [2.24, 2.45) is 0 Å². The lowest BCUT2D eigenvalue weighted by atomic mass is 10.4. The fraction of sp³-hybridized carbons (Fsp3) is 0.462. The number of hydrogen-bond acceptors (Lipinski definition) is 9. The van der Waals surface area contributed by atoms with Crippen molar-refractivity contribution in [3.05, 3.63) is 12.5 Å². The van der Waals surface area contributed by atoms with Gasteiger partial charge in [-0.15, -0.1) is 0 Å². The lowest BCUT2D eigenvalue weighted by molar-refractivity contribution is -0.154. The molecular weight excluding hydrogens is 306 g/mol. The highest BCUT2D eigenvalue weighted by Gasteiger charge is 2.14. The molecule has 0 saturated heterocycles. The van der Waals surface area contributed by atoms with Crippen LogP contribution in [0.5, 0.6) is 0 Å². The van der Waals surface area contributed by atoms with Gasteiger partial charge in [-0.25, -0.2) is 9.97 Å². The van der Waals surface area contributed by atoms with Crippen LogP contribution in [0.4, 0.5) is 5.95 Å². The maximum Gasteiger partial charge on any atom is 0.302 e. The molecule has 0 aromatic carbocycles. The Morgan fingerprint density at radius 2 is 1.87 bits per heavy atom. The van der Waals surface area contributed by atoms with Crippen LogP contribution < -0.4 is 5.73 Å². The summed E-state index contributed by atoms with van der Waals surface area (Å²) in [6, 6.07) is 0. The van der Waals surface area contributed by atoms with E-state index in [0.29, 0.717) is 11.2 Å². The van der Waals surface area contributed by atoms with Gasteiger partial charge in [-0.2, -0.15) is 4.98 Å². The minimum atomic E-state index is -0.602. The highest BCUT2D eigenvalue weighted by Crippen LogP contribution is 2.11. The van der Waals surface area contributed by atoms with E-state index < -0.39 is 18.0 Å². The van der Waals surface area contributed by atoms with E-state index in [1.54, 1.807) is 4.57 Å². The molecule has 0 fully saturated rings. The van der Waals surface area contributed by atoms with Crippen molar-refractivity contribution < 1.29 is 23.8 Å². The number of imidazole rings is 1. The van der Waals surface area contributed by atoms with Crippen LogP contribution in [0.15, 0.2) is 12.5 Å². The Bertz CT molecular complexity index is 683. The number of nitrogens with two attached hydrogens (primary N) is 1. The topological polar surface area (TPSA) is 131 Å². The normalized spacial score (nSPS) is 10.9. The summed E-state index contributed by atoms with van der Waals surface area (Å²) in [5.74, 6) is -0.761. The monoisotopic (exact) mass is 323 g/mol. The van der Waals surface area contributed by atoms with Crippen molar-refractivity contribution in [1.82, 2.24) is 19.5 Å². The van der Waals surface area contributed by atoms with Gasteiger partial charge in [0.15, 0.2) is 5.65 Å². The zero-order valence-electron chi connectivity index (χ0n) is 12.8. The standard InChI is InChI=1S/C13H17N5O5/c1-8(19)21-4-10(5-22-9(2)20)23-7-18-6-16-12-11(18)3-15-13(14)17-12/h3,6,10H,4-5,7H2,1-2H3,(H2,14,15,17). The first-order valence-electron chi connectivity index (χ1n) is 6.77. The molecule has 10 nitrogen and oxygen atoms in total. The molecule has 0 amide bonds. The van der Waals surface area contributed by atoms with Crippen molar-refractivity contribution in [3.8, 4) is 0 Å². The second-order valence-electron chi connectivity index (χ2n) is 4.67. The van der Waals surface area contributed by atoms with Crippen molar-refractivity contribution in [1.29, 1.82) is 0 Å². The number of anilines is 1. The van der Waals surface area contributed by atoms with E-state index in [1.165, 1.54) is 26.4 Å². The number of nitrogen functional groups attached to an aromatic ring is 1. The Kier molecular flexibility index (Phi) is 5.41. The Balaban J connectivity index is 2.00. The van der Waals surface area contributed by atoms with E-state index in [2.05, 4.69) is 15.0 Å². The number of aromatic nitrogens is 4. The molecule has 0 aliphatic rings. The molecule has 0 unspecified atom stereocenters. The van der Waals surface area contributed by atoms with E-state index in [-0.39, 0.29) is 25.9 Å². The summed E-state index contributed by atoms with van der Waals surface area (Å²) >= 11 is 0. The highest BCUT2D eigenvalue weighted by atomic mass is 16.6. The summed E-state index contributed by atoms with van der Waals surface area (Å²) in [5, 5.41) is 0. The number of carbonyl (C=O) groups excluding carboxylic acids is 2. The minimum Gasteiger partial charge on any atom is -0.463 e. The summed E-state index contributed by atoms with van der Waals surface area (Å²) in [7, 11) is 0.